The van der Waals surface area contributed by atoms with Gasteiger partial charge in [-0.05, 0) is 32.8 Å². The fourth-order valence-corrected chi connectivity index (χ4v) is 3.35. The van der Waals surface area contributed by atoms with Gasteiger partial charge in [0.05, 0.1) is 10.7 Å². The van der Waals surface area contributed by atoms with Gasteiger partial charge in [-0.2, -0.15) is 0 Å². The molecule has 0 aromatic carbocycles. The van der Waals surface area contributed by atoms with Crippen LogP contribution < -0.4 is 16.2 Å². The summed E-state index contributed by atoms with van der Waals surface area (Å²) in [5, 5.41) is 7.78. The number of thiazole rings is 1. The molecule has 2 aromatic heterocycles. The Balaban J connectivity index is 0.00000338. The number of rotatable bonds is 8. The number of unbranched alkanes of at least 4 members (excludes halogenated alkanes) is 1. The molecule has 0 amide bonds. The van der Waals surface area contributed by atoms with Crippen molar-refractivity contribution in [3.63, 3.8) is 0 Å². The maximum atomic E-state index is 11.6. The lowest BCUT2D eigenvalue weighted by atomic mass is 10.3. The van der Waals surface area contributed by atoms with Crippen LogP contribution in [0.25, 0.3) is 0 Å². The Morgan fingerprint density at radius 1 is 1.23 bits per heavy atom. The topological polar surface area (TPSA) is 71.3 Å². The predicted octanol–water partition coefficient (Wildman–Crippen LogP) is 2.73. The van der Waals surface area contributed by atoms with Gasteiger partial charge in [0, 0.05) is 50.2 Å². The normalized spacial score (nSPS) is 11.1. The first-order chi connectivity index (χ1) is 12.1. The lowest BCUT2D eigenvalue weighted by Crippen LogP contribution is -2.38. The maximum absolute atomic E-state index is 11.6. The zero-order valence-corrected chi connectivity index (χ0v) is 18.8. The second kappa shape index (κ2) is 12.1. The average Bonchev–Trinajstić information content (AvgIpc) is 2.92. The van der Waals surface area contributed by atoms with Crippen molar-refractivity contribution >= 4 is 41.3 Å². The van der Waals surface area contributed by atoms with E-state index in [0.29, 0.717) is 0 Å². The van der Waals surface area contributed by atoms with Crippen molar-refractivity contribution in [2.45, 2.75) is 39.7 Å². The van der Waals surface area contributed by atoms with E-state index in [1.165, 1.54) is 4.88 Å². The molecule has 2 heterocycles. The Kier molecular flexibility index (Phi) is 10.5. The second-order valence-corrected chi connectivity index (χ2v) is 7.15. The van der Waals surface area contributed by atoms with E-state index in [1.807, 2.05) is 19.2 Å². The van der Waals surface area contributed by atoms with E-state index in [4.69, 9.17) is 0 Å². The number of hydrogen-bond acceptors (Lipinski definition) is 4. The number of hydrogen-bond donors (Lipinski definition) is 2. The van der Waals surface area contributed by atoms with Crippen LogP contribution in [0, 0.1) is 13.8 Å². The maximum Gasteiger partial charge on any atom is 0.250 e. The molecule has 0 saturated heterocycles. The molecule has 0 aliphatic rings. The molecule has 0 fully saturated rings. The third-order valence-electron chi connectivity index (χ3n) is 3.94. The fraction of sp³-hybridized carbons (Fsp3) is 0.500. The second-order valence-electron chi connectivity index (χ2n) is 5.86. The molecule has 8 heteroatoms. The highest BCUT2D eigenvalue weighted by Gasteiger charge is 2.04. The average molecular weight is 489 g/mol. The van der Waals surface area contributed by atoms with Crippen molar-refractivity contribution in [3.05, 3.63) is 50.3 Å². The number of aliphatic imine (C=N–C) groups is 1. The van der Waals surface area contributed by atoms with Gasteiger partial charge in [-0.25, -0.2) is 4.98 Å². The zero-order chi connectivity index (χ0) is 18.1. The smallest absolute Gasteiger partial charge is 0.250 e. The lowest BCUT2D eigenvalue weighted by Gasteiger charge is -2.11. The van der Waals surface area contributed by atoms with E-state index in [0.717, 1.165) is 55.6 Å². The van der Waals surface area contributed by atoms with E-state index in [9.17, 15) is 4.79 Å². The zero-order valence-electron chi connectivity index (χ0n) is 15.6. The number of nitrogens with zero attached hydrogens (tertiary/aromatic N) is 3. The van der Waals surface area contributed by atoms with Gasteiger partial charge in [-0.15, -0.1) is 35.3 Å². The molecule has 0 spiro atoms. The van der Waals surface area contributed by atoms with Crippen LogP contribution in [0.3, 0.4) is 0 Å². The third-order valence-corrected chi connectivity index (χ3v) is 5.08. The highest BCUT2D eigenvalue weighted by atomic mass is 127. The Morgan fingerprint density at radius 2 is 2.00 bits per heavy atom. The van der Waals surface area contributed by atoms with Crippen molar-refractivity contribution in [1.29, 1.82) is 0 Å². The monoisotopic (exact) mass is 489 g/mol. The van der Waals surface area contributed by atoms with Crippen molar-refractivity contribution < 1.29 is 0 Å². The molecular weight excluding hydrogens is 461 g/mol. The van der Waals surface area contributed by atoms with Crippen LogP contribution in [0.2, 0.25) is 0 Å². The summed E-state index contributed by atoms with van der Waals surface area (Å²) in [6, 6.07) is 5.25. The van der Waals surface area contributed by atoms with E-state index in [-0.39, 0.29) is 29.5 Å². The van der Waals surface area contributed by atoms with E-state index in [1.54, 1.807) is 35.1 Å². The van der Waals surface area contributed by atoms with Gasteiger partial charge >= 0.3 is 0 Å². The van der Waals surface area contributed by atoms with Crippen LogP contribution >= 0.6 is 35.3 Å². The van der Waals surface area contributed by atoms with Gasteiger partial charge in [0.25, 0.3) is 0 Å². The SMILES string of the molecule is CN=C(NCCCCn1ccccc1=O)NCCc1nc(C)c(C)s1.I. The Bertz CT molecular complexity index is 737. The van der Waals surface area contributed by atoms with Gasteiger partial charge in [-0.3, -0.25) is 9.79 Å². The van der Waals surface area contributed by atoms with Gasteiger partial charge in [0.2, 0.25) is 5.56 Å². The standard InChI is InChI=1S/C18H27N5OS.HI/c1-14-15(2)25-16(22-14)9-11-21-18(19-3)20-10-5-7-13-23-12-6-4-8-17(23)24;/h4,6,8,12H,5,7,9-11,13H2,1-3H3,(H2,19,20,21);1H. The van der Waals surface area contributed by atoms with E-state index in [2.05, 4.69) is 27.5 Å². The minimum Gasteiger partial charge on any atom is -0.356 e. The molecule has 0 aliphatic carbocycles. The van der Waals surface area contributed by atoms with Gasteiger partial charge < -0.3 is 15.2 Å². The molecular formula is C18H28IN5OS. The van der Waals surface area contributed by atoms with Crippen molar-refractivity contribution in [2.75, 3.05) is 20.1 Å². The summed E-state index contributed by atoms with van der Waals surface area (Å²) in [4.78, 5) is 21.7. The largest absolute Gasteiger partial charge is 0.356 e. The molecule has 0 aliphatic heterocycles. The molecule has 0 bridgehead atoms. The molecule has 0 saturated carbocycles. The first-order valence-corrected chi connectivity index (χ1v) is 9.44. The van der Waals surface area contributed by atoms with E-state index >= 15 is 0 Å². The van der Waals surface area contributed by atoms with Gasteiger partial charge in [0.1, 0.15) is 0 Å². The van der Waals surface area contributed by atoms with Crippen LogP contribution in [0.1, 0.15) is 28.4 Å². The first-order valence-electron chi connectivity index (χ1n) is 8.63. The highest BCUT2D eigenvalue weighted by Crippen LogP contribution is 2.16. The highest BCUT2D eigenvalue weighted by molar-refractivity contribution is 14.0. The van der Waals surface area contributed by atoms with Crippen molar-refractivity contribution in [2.24, 2.45) is 4.99 Å². The summed E-state index contributed by atoms with van der Waals surface area (Å²) < 4.78 is 1.74. The number of nitrogens with one attached hydrogen (secondary N) is 2. The van der Waals surface area contributed by atoms with Crippen LogP contribution in [0.4, 0.5) is 0 Å². The van der Waals surface area contributed by atoms with Crippen LogP contribution in [-0.2, 0) is 13.0 Å². The van der Waals surface area contributed by atoms with E-state index < -0.39 is 0 Å². The minimum atomic E-state index is 0. The quantitative estimate of drug-likeness (QED) is 0.259. The fourth-order valence-electron chi connectivity index (χ4n) is 2.41. The summed E-state index contributed by atoms with van der Waals surface area (Å²) in [6.45, 7) is 6.54. The van der Waals surface area contributed by atoms with Crippen molar-refractivity contribution in [3.8, 4) is 0 Å². The minimum absolute atomic E-state index is 0. The van der Waals surface area contributed by atoms with Crippen LogP contribution in [-0.4, -0.2) is 35.6 Å². The molecule has 2 rings (SSSR count). The van der Waals surface area contributed by atoms with Gasteiger partial charge in [-0.1, -0.05) is 6.07 Å². The molecule has 144 valence electrons. The predicted molar refractivity (Wildman–Crippen MR) is 120 cm³/mol. The Hall–Kier alpha value is -1.42. The summed E-state index contributed by atoms with van der Waals surface area (Å²) in [6.07, 6.45) is 4.66. The molecule has 0 unspecified atom stereocenters. The summed E-state index contributed by atoms with van der Waals surface area (Å²) in [7, 11) is 1.77. The number of aromatic nitrogens is 2. The molecule has 6 nitrogen and oxygen atoms in total. The number of pyridine rings is 1. The number of guanidine groups is 1. The third kappa shape index (κ3) is 7.45. The van der Waals surface area contributed by atoms with Crippen LogP contribution in [0.15, 0.2) is 34.2 Å². The molecule has 26 heavy (non-hydrogen) atoms. The summed E-state index contributed by atoms with van der Waals surface area (Å²) in [5.41, 5.74) is 1.18. The molecule has 0 radical (unpaired) electrons. The van der Waals surface area contributed by atoms with Gasteiger partial charge in [0.15, 0.2) is 5.96 Å². The summed E-state index contributed by atoms with van der Waals surface area (Å²) >= 11 is 1.76. The lowest BCUT2D eigenvalue weighted by molar-refractivity contribution is 0.585. The molecule has 2 aromatic rings. The summed E-state index contributed by atoms with van der Waals surface area (Å²) in [5.74, 6) is 0.807. The number of aryl methyl sites for hydroxylation is 3. The molecule has 0 atom stereocenters. The molecule has 2 N–H and O–H groups in total. The first kappa shape index (κ1) is 22.6. The van der Waals surface area contributed by atoms with Crippen LogP contribution in [0.5, 0.6) is 0 Å². The Labute approximate surface area is 176 Å². The number of halogens is 1. The Morgan fingerprint density at radius 3 is 2.65 bits per heavy atom. The van der Waals surface area contributed by atoms with Crippen molar-refractivity contribution in [1.82, 2.24) is 20.2 Å².